The summed E-state index contributed by atoms with van der Waals surface area (Å²) >= 11 is 0. The van der Waals surface area contributed by atoms with Crippen LogP contribution in [0, 0.1) is 0 Å². The summed E-state index contributed by atoms with van der Waals surface area (Å²) in [7, 11) is 0. The molecule has 2 atom stereocenters. The molecule has 2 unspecified atom stereocenters. The Morgan fingerprint density at radius 3 is 1.53 bits per heavy atom. The Morgan fingerprint density at radius 1 is 0.386 bits per heavy atom. The van der Waals surface area contributed by atoms with Crippen LogP contribution >= 0.6 is 0 Å². The Labute approximate surface area is 331 Å². The lowest BCUT2D eigenvalue weighted by molar-refractivity contribution is 0.744. The topological polar surface area (TPSA) is 13.1 Å². The van der Waals surface area contributed by atoms with E-state index in [-0.39, 0.29) is 12.0 Å². The van der Waals surface area contributed by atoms with Crippen LogP contribution in [0.2, 0.25) is 0 Å². The molecule has 0 fully saturated rings. The van der Waals surface area contributed by atoms with Gasteiger partial charge in [0.05, 0.1) is 39.5 Å². The van der Waals surface area contributed by atoms with Gasteiger partial charge in [0.25, 0.3) is 0 Å². The van der Waals surface area contributed by atoms with E-state index in [0.29, 0.717) is 0 Å². The van der Waals surface area contributed by atoms with Gasteiger partial charge >= 0.3 is 0 Å². The highest BCUT2D eigenvalue weighted by Gasteiger charge is 2.40. The average Bonchev–Trinajstić information content (AvgIpc) is 3.92. The maximum Gasteiger partial charge on any atom is 0.0782 e. The summed E-state index contributed by atoms with van der Waals surface area (Å²) in [5.74, 6) is 0.130. The van der Waals surface area contributed by atoms with Gasteiger partial charge in [-0.3, -0.25) is 0 Å². The Morgan fingerprint density at radius 2 is 0.877 bits per heavy atom. The molecule has 1 aliphatic heterocycles. The molecule has 2 aromatic heterocycles. The second-order valence-corrected chi connectivity index (χ2v) is 15.2. The molecular formula is C54H37N3. The zero-order valence-corrected chi connectivity index (χ0v) is 31.2. The first-order chi connectivity index (χ1) is 28.3. The van der Waals surface area contributed by atoms with Crippen LogP contribution in [0.1, 0.15) is 11.5 Å². The second-order valence-electron chi connectivity index (χ2n) is 15.2. The molecule has 0 amide bonds. The van der Waals surface area contributed by atoms with Crippen LogP contribution in [-0.4, -0.2) is 15.2 Å². The van der Waals surface area contributed by atoms with Gasteiger partial charge < -0.3 is 14.0 Å². The molecule has 10 aromatic rings. The summed E-state index contributed by atoms with van der Waals surface area (Å²) in [6, 6.07) is 70.9. The molecule has 12 rings (SSSR count). The van der Waals surface area contributed by atoms with Gasteiger partial charge in [0.2, 0.25) is 0 Å². The molecule has 268 valence electrons. The molecule has 2 aliphatic rings. The van der Waals surface area contributed by atoms with Gasteiger partial charge in [-0.1, -0.05) is 176 Å². The minimum atomic E-state index is 0.0865. The molecular weight excluding hydrogens is 691 g/mol. The van der Waals surface area contributed by atoms with Crippen LogP contribution in [0.3, 0.4) is 0 Å². The third kappa shape index (κ3) is 4.73. The Hall–Kier alpha value is -7.36. The zero-order valence-electron chi connectivity index (χ0n) is 31.2. The van der Waals surface area contributed by atoms with Crippen LogP contribution in [0.15, 0.2) is 212 Å². The van der Waals surface area contributed by atoms with E-state index in [1.54, 1.807) is 0 Å². The van der Waals surface area contributed by atoms with Crippen LogP contribution < -0.4 is 4.90 Å². The van der Waals surface area contributed by atoms with Crippen LogP contribution in [0.4, 0.5) is 11.4 Å². The van der Waals surface area contributed by atoms with Gasteiger partial charge in [0.1, 0.15) is 0 Å². The summed E-state index contributed by atoms with van der Waals surface area (Å²) in [6.45, 7) is 0. The number of anilines is 2. The monoisotopic (exact) mass is 727 g/mol. The van der Waals surface area contributed by atoms with Crippen molar-refractivity contribution in [3.8, 4) is 27.9 Å². The van der Waals surface area contributed by atoms with Crippen molar-refractivity contribution < 1.29 is 0 Å². The molecule has 0 bridgehead atoms. The molecule has 0 saturated heterocycles. The normalized spacial score (nSPS) is 16.1. The van der Waals surface area contributed by atoms with Crippen LogP contribution in [-0.2, 0) is 0 Å². The number of hydrogen-bond donors (Lipinski definition) is 0. The van der Waals surface area contributed by atoms with Crippen molar-refractivity contribution in [2.75, 3.05) is 4.90 Å². The molecule has 3 heteroatoms. The highest BCUT2D eigenvalue weighted by Crippen LogP contribution is 2.54. The standard InChI is InChI=1S/C54H37N3/c1-3-17-36(18-4-1)39-25-15-26-40(37-19-5-2-6-20-37)53(39)57-50-31-14-10-24-44(50)46-35-38(33-34-51(46)57)55-47-28-11-9-23-43(47)45-27-16-32-52(54(45)55)56-48-29-12-7-21-41(48)42-22-8-13-30-49(42)56/h1-35,46,51H. The summed E-state index contributed by atoms with van der Waals surface area (Å²) in [4.78, 5) is 2.61. The van der Waals surface area contributed by atoms with Crippen molar-refractivity contribution in [3.05, 3.63) is 218 Å². The Bertz CT molecular complexity index is 3140. The van der Waals surface area contributed by atoms with Crippen LogP contribution in [0.5, 0.6) is 0 Å². The van der Waals surface area contributed by atoms with Gasteiger partial charge in [0.15, 0.2) is 0 Å². The van der Waals surface area contributed by atoms with Crippen molar-refractivity contribution in [1.29, 1.82) is 0 Å². The quantitative estimate of drug-likeness (QED) is 0.172. The second kappa shape index (κ2) is 12.6. The molecule has 0 saturated carbocycles. The molecule has 3 heterocycles. The molecule has 0 radical (unpaired) electrons. The first kappa shape index (κ1) is 31.9. The molecule has 0 N–H and O–H groups in total. The van der Waals surface area contributed by atoms with E-state index in [9.17, 15) is 0 Å². The number of fused-ring (bicyclic) bond motifs is 9. The molecule has 3 nitrogen and oxygen atoms in total. The zero-order chi connectivity index (χ0) is 37.5. The number of para-hydroxylation sites is 6. The molecule has 1 aliphatic carbocycles. The van der Waals surface area contributed by atoms with E-state index >= 15 is 0 Å². The fraction of sp³-hybridized carbons (Fsp3) is 0.0370. The maximum atomic E-state index is 2.61. The third-order valence-corrected chi connectivity index (χ3v) is 12.2. The van der Waals surface area contributed by atoms with Gasteiger partial charge in [0, 0.05) is 50.0 Å². The van der Waals surface area contributed by atoms with Crippen LogP contribution in [0.25, 0.3) is 77.2 Å². The lowest BCUT2D eigenvalue weighted by Crippen LogP contribution is -2.30. The summed E-state index contributed by atoms with van der Waals surface area (Å²) in [6.07, 6.45) is 7.37. The highest BCUT2D eigenvalue weighted by atomic mass is 15.2. The number of hydrogen-bond acceptors (Lipinski definition) is 1. The Balaban J connectivity index is 1.09. The molecule has 57 heavy (non-hydrogen) atoms. The van der Waals surface area contributed by atoms with E-state index in [1.165, 1.54) is 94.2 Å². The number of allylic oxidation sites excluding steroid dienone is 2. The predicted octanol–water partition coefficient (Wildman–Crippen LogP) is 13.9. The fourth-order valence-electron chi connectivity index (χ4n) is 9.88. The molecule has 0 spiro atoms. The highest BCUT2D eigenvalue weighted by molar-refractivity contribution is 6.16. The minimum absolute atomic E-state index is 0.0865. The van der Waals surface area contributed by atoms with Gasteiger partial charge in [-0.2, -0.15) is 0 Å². The van der Waals surface area contributed by atoms with E-state index in [2.05, 4.69) is 226 Å². The summed E-state index contributed by atoms with van der Waals surface area (Å²) in [5.41, 5.74) is 15.9. The van der Waals surface area contributed by atoms with Crippen molar-refractivity contribution in [2.24, 2.45) is 0 Å². The Kier molecular flexibility index (Phi) is 7.05. The lowest BCUT2D eigenvalue weighted by Gasteiger charge is -2.33. The summed E-state index contributed by atoms with van der Waals surface area (Å²) in [5, 5.41) is 5.03. The number of aromatic nitrogens is 2. The van der Waals surface area contributed by atoms with E-state index in [0.717, 1.165) is 0 Å². The first-order valence-electron chi connectivity index (χ1n) is 19.9. The van der Waals surface area contributed by atoms with Crippen molar-refractivity contribution in [1.82, 2.24) is 9.13 Å². The van der Waals surface area contributed by atoms with Gasteiger partial charge in [-0.05, 0) is 53.1 Å². The van der Waals surface area contributed by atoms with E-state index in [1.807, 2.05) is 0 Å². The third-order valence-electron chi connectivity index (χ3n) is 12.2. The first-order valence-corrected chi connectivity index (χ1v) is 19.9. The van der Waals surface area contributed by atoms with Gasteiger partial charge in [-0.25, -0.2) is 0 Å². The van der Waals surface area contributed by atoms with E-state index in [4.69, 9.17) is 0 Å². The minimum Gasteiger partial charge on any atom is -0.332 e. The smallest absolute Gasteiger partial charge is 0.0782 e. The fourth-order valence-corrected chi connectivity index (χ4v) is 9.88. The van der Waals surface area contributed by atoms with Crippen molar-refractivity contribution in [2.45, 2.75) is 12.0 Å². The average molecular weight is 728 g/mol. The maximum absolute atomic E-state index is 2.61. The largest absolute Gasteiger partial charge is 0.332 e. The number of rotatable bonds is 5. The SMILES string of the molecule is C1=CC2C(C=C1n1c3ccccc3c3cccc(-n4c5ccccc5c5ccccc54)c31)c1ccccc1N2c1c(-c2ccccc2)cccc1-c1ccccc1. The van der Waals surface area contributed by atoms with Crippen molar-refractivity contribution >= 4 is 60.7 Å². The predicted molar refractivity (Wildman–Crippen MR) is 240 cm³/mol. The van der Waals surface area contributed by atoms with Crippen molar-refractivity contribution in [3.63, 3.8) is 0 Å². The number of benzene rings is 8. The van der Waals surface area contributed by atoms with Gasteiger partial charge in [-0.15, -0.1) is 0 Å². The van der Waals surface area contributed by atoms with E-state index < -0.39 is 0 Å². The summed E-state index contributed by atoms with van der Waals surface area (Å²) < 4.78 is 4.99. The lowest BCUT2D eigenvalue weighted by atomic mass is 9.89. The number of nitrogens with zero attached hydrogens (tertiary/aromatic N) is 3. The molecule has 8 aromatic carbocycles.